The lowest BCUT2D eigenvalue weighted by Crippen LogP contribution is -2.29. The molecule has 0 aromatic carbocycles. The van der Waals surface area contributed by atoms with Crippen molar-refractivity contribution < 1.29 is 0 Å². The van der Waals surface area contributed by atoms with Crippen LogP contribution >= 0.6 is 0 Å². The summed E-state index contributed by atoms with van der Waals surface area (Å²) in [6, 6.07) is 3.25. The number of nitrogens with zero attached hydrogens (tertiary/aromatic N) is 2. The van der Waals surface area contributed by atoms with Gasteiger partial charge in [0.1, 0.15) is 5.65 Å². The molecule has 3 rings (SSSR count). The summed E-state index contributed by atoms with van der Waals surface area (Å²) in [7, 11) is 2.17. The van der Waals surface area contributed by atoms with Gasteiger partial charge in [0.05, 0.1) is 0 Å². The van der Waals surface area contributed by atoms with Crippen LogP contribution in [-0.2, 0) is 0 Å². The molecular weight excluding hydrogens is 214 g/mol. The summed E-state index contributed by atoms with van der Waals surface area (Å²) in [5.41, 5.74) is 2.21. The summed E-state index contributed by atoms with van der Waals surface area (Å²) in [6.45, 7) is 2.30. The van der Waals surface area contributed by atoms with Gasteiger partial charge in [0.15, 0.2) is 5.43 Å². The average molecular weight is 231 g/mol. The van der Waals surface area contributed by atoms with Crippen molar-refractivity contribution in [3.05, 3.63) is 40.4 Å². The molecule has 0 bridgehead atoms. The minimum absolute atomic E-state index is 0.0572. The first-order valence-corrected chi connectivity index (χ1v) is 6.12. The second-order valence-electron chi connectivity index (χ2n) is 4.94. The number of rotatable bonds is 1. The van der Waals surface area contributed by atoms with Gasteiger partial charge in [-0.1, -0.05) is 0 Å². The number of aromatic amines is 1. The molecule has 4 nitrogen and oxygen atoms in total. The van der Waals surface area contributed by atoms with E-state index in [1.165, 1.54) is 18.5 Å². The van der Waals surface area contributed by atoms with Crippen molar-refractivity contribution in [2.75, 3.05) is 20.1 Å². The maximum atomic E-state index is 11.3. The van der Waals surface area contributed by atoms with E-state index in [1.807, 2.05) is 10.6 Å². The summed E-state index contributed by atoms with van der Waals surface area (Å²) < 4.78 is 2.00. The number of hydrogen-bond donors (Lipinski definition) is 1. The Hall–Kier alpha value is -1.55. The van der Waals surface area contributed by atoms with Crippen LogP contribution < -0.4 is 5.43 Å². The van der Waals surface area contributed by atoms with Crippen molar-refractivity contribution in [1.82, 2.24) is 14.3 Å². The van der Waals surface area contributed by atoms with E-state index in [9.17, 15) is 4.79 Å². The van der Waals surface area contributed by atoms with Gasteiger partial charge in [0.25, 0.3) is 0 Å². The third kappa shape index (κ3) is 2.00. The zero-order valence-electron chi connectivity index (χ0n) is 10.0. The van der Waals surface area contributed by atoms with Crippen molar-refractivity contribution >= 4 is 5.65 Å². The van der Waals surface area contributed by atoms with E-state index in [1.54, 1.807) is 12.1 Å². The van der Waals surface area contributed by atoms with Crippen molar-refractivity contribution in [3.8, 4) is 0 Å². The van der Waals surface area contributed by atoms with Crippen LogP contribution in [0.2, 0.25) is 0 Å². The molecule has 1 N–H and O–H groups in total. The van der Waals surface area contributed by atoms with Gasteiger partial charge < -0.3 is 14.3 Å². The third-order valence-electron chi connectivity index (χ3n) is 3.67. The molecule has 0 radical (unpaired) electrons. The van der Waals surface area contributed by atoms with Gasteiger partial charge in [-0.2, -0.15) is 0 Å². The molecule has 0 unspecified atom stereocenters. The van der Waals surface area contributed by atoms with Gasteiger partial charge in [0, 0.05) is 36.1 Å². The zero-order chi connectivity index (χ0) is 11.8. The molecule has 17 heavy (non-hydrogen) atoms. The Morgan fingerprint density at radius 3 is 2.88 bits per heavy atom. The van der Waals surface area contributed by atoms with Gasteiger partial charge in [-0.05, 0) is 33.0 Å². The monoisotopic (exact) mass is 231 g/mol. The van der Waals surface area contributed by atoms with E-state index < -0.39 is 0 Å². The zero-order valence-corrected chi connectivity index (χ0v) is 10.0. The summed E-state index contributed by atoms with van der Waals surface area (Å²) in [5.74, 6) is 0.598. The molecule has 0 atom stereocenters. The molecule has 0 amide bonds. The molecule has 1 fully saturated rings. The van der Waals surface area contributed by atoms with Crippen LogP contribution in [0.5, 0.6) is 0 Å². The normalized spacial score (nSPS) is 18.9. The van der Waals surface area contributed by atoms with Crippen LogP contribution in [0.15, 0.2) is 29.3 Å². The number of pyridine rings is 1. The van der Waals surface area contributed by atoms with Gasteiger partial charge in [-0.25, -0.2) is 0 Å². The van der Waals surface area contributed by atoms with Crippen LogP contribution in [0.25, 0.3) is 5.65 Å². The van der Waals surface area contributed by atoms with E-state index in [4.69, 9.17) is 0 Å². The first kappa shape index (κ1) is 10.6. The fraction of sp³-hybridized carbons (Fsp3) is 0.462. The molecule has 1 aliphatic heterocycles. The van der Waals surface area contributed by atoms with Gasteiger partial charge in [-0.15, -0.1) is 0 Å². The van der Waals surface area contributed by atoms with E-state index >= 15 is 0 Å². The topological polar surface area (TPSA) is 40.5 Å². The first-order valence-electron chi connectivity index (χ1n) is 6.12. The molecule has 4 heteroatoms. The van der Waals surface area contributed by atoms with E-state index in [2.05, 4.69) is 23.1 Å². The van der Waals surface area contributed by atoms with Crippen LogP contribution in [-0.4, -0.2) is 34.4 Å². The highest BCUT2D eigenvalue weighted by molar-refractivity contribution is 5.40. The number of aromatic nitrogens is 2. The van der Waals surface area contributed by atoms with Crippen molar-refractivity contribution in [3.63, 3.8) is 0 Å². The van der Waals surface area contributed by atoms with Gasteiger partial charge >= 0.3 is 0 Å². The Balaban J connectivity index is 1.93. The fourth-order valence-electron chi connectivity index (χ4n) is 2.56. The van der Waals surface area contributed by atoms with Gasteiger partial charge in [0.2, 0.25) is 0 Å². The predicted octanol–water partition coefficient (Wildman–Crippen LogP) is 1.44. The lowest BCUT2D eigenvalue weighted by Gasteiger charge is -2.28. The fourth-order valence-corrected chi connectivity index (χ4v) is 2.56. The van der Waals surface area contributed by atoms with Crippen LogP contribution in [0.3, 0.4) is 0 Å². The highest BCUT2D eigenvalue weighted by atomic mass is 16.1. The van der Waals surface area contributed by atoms with Crippen LogP contribution in [0.1, 0.15) is 24.5 Å². The average Bonchev–Trinajstić information content (AvgIpc) is 2.72. The Kier molecular flexibility index (Phi) is 2.52. The SMILES string of the molecule is CN1CCC(c2cn3ccc(=O)cc3[nH]2)CC1. The lowest BCUT2D eigenvalue weighted by atomic mass is 9.94. The molecule has 90 valence electrons. The molecule has 0 aliphatic carbocycles. The lowest BCUT2D eigenvalue weighted by molar-refractivity contribution is 0.253. The van der Waals surface area contributed by atoms with Crippen LogP contribution in [0, 0.1) is 0 Å². The van der Waals surface area contributed by atoms with E-state index in [0.29, 0.717) is 5.92 Å². The molecule has 2 aromatic rings. The third-order valence-corrected chi connectivity index (χ3v) is 3.67. The Bertz CT molecular complexity index is 576. The smallest absolute Gasteiger partial charge is 0.183 e. The molecule has 3 heterocycles. The number of piperidine rings is 1. The Morgan fingerprint density at radius 2 is 2.12 bits per heavy atom. The molecule has 1 saturated heterocycles. The number of H-pyrrole nitrogens is 1. The minimum atomic E-state index is 0.0572. The second kappa shape index (κ2) is 4.04. The summed E-state index contributed by atoms with van der Waals surface area (Å²) in [5, 5.41) is 0. The number of imidazole rings is 1. The molecule has 2 aromatic heterocycles. The van der Waals surface area contributed by atoms with Gasteiger partial charge in [-0.3, -0.25) is 4.79 Å². The van der Waals surface area contributed by atoms with Crippen LogP contribution in [0.4, 0.5) is 0 Å². The van der Waals surface area contributed by atoms with Crippen molar-refractivity contribution in [2.24, 2.45) is 0 Å². The second-order valence-corrected chi connectivity index (χ2v) is 4.94. The molecular formula is C13H17N3O. The van der Waals surface area contributed by atoms with E-state index in [0.717, 1.165) is 18.7 Å². The highest BCUT2D eigenvalue weighted by Crippen LogP contribution is 2.26. The van der Waals surface area contributed by atoms with E-state index in [-0.39, 0.29) is 5.43 Å². The highest BCUT2D eigenvalue weighted by Gasteiger charge is 2.19. The maximum Gasteiger partial charge on any atom is 0.183 e. The summed E-state index contributed by atoms with van der Waals surface area (Å²) >= 11 is 0. The minimum Gasteiger partial charge on any atom is -0.343 e. The molecule has 0 saturated carbocycles. The standard InChI is InChI=1S/C13H17N3O/c1-15-5-2-10(3-6-15)12-9-16-7-4-11(17)8-13(16)14-12/h4,7-10,14H,2-3,5-6H2,1H3. The Labute approximate surface area is 99.9 Å². The van der Waals surface area contributed by atoms with Crippen molar-refractivity contribution in [2.45, 2.75) is 18.8 Å². The predicted molar refractivity (Wildman–Crippen MR) is 67.5 cm³/mol. The number of nitrogens with one attached hydrogen (secondary N) is 1. The summed E-state index contributed by atoms with van der Waals surface area (Å²) in [6.07, 6.45) is 6.32. The maximum absolute atomic E-state index is 11.3. The number of likely N-dealkylation sites (tertiary alicyclic amines) is 1. The number of fused-ring (bicyclic) bond motifs is 1. The Morgan fingerprint density at radius 1 is 1.35 bits per heavy atom. The van der Waals surface area contributed by atoms with Crippen molar-refractivity contribution in [1.29, 1.82) is 0 Å². The summed E-state index contributed by atoms with van der Waals surface area (Å²) in [4.78, 5) is 17.0. The molecule has 1 aliphatic rings. The largest absolute Gasteiger partial charge is 0.343 e. The number of hydrogen-bond acceptors (Lipinski definition) is 2. The molecule has 0 spiro atoms. The first-order chi connectivity index (χ1) is 8.22. The quantitative estimate of drug-likeness (QED) is 0.806.